The van der Waals surface area contributed by atoms with Crippen molar-refractivity contribution >= 4 is 23.3 Å². The maximum atomic E-state index is 13.3. The first-order valence-corrected chi connectivity index (χ1v) is 6.32. The molecule has 1 rings (SSSR count). The molecule has 1 aromatic carbocycles. The van der Waals surface area contributed by atoms with Gasteiger partial charge in [0.05, 0.1) is 16.7 Å². The van der Waals surface area contributed by atoms with E-state index < -0.39 is 51.4 Å². The summed E-state index contributed by atoms with van der Waals surface area (Å²) in [6.45, 7) is 1.19. The van der Waals surface area contributed by atoms with Crippen molar-refractivity contribution in [2.75, 3.05) is 5.75 Å². The van der Waals surface area contributed by atoms with E-state index in [-0.39, 0.29) is 17.5 Å². The van der Waals surface area contributed by atoms with Gasteiger partial charge in [-0.3, -0.25) is 4.79 Å². The number of carbonyl (C=O) groups excluding carboxylic acids is 1. The van der Waals surface area contributed by atoms with Crippen LogP contribution >= 0.6 is 11.8 Å². The van der Waals surface area contributed by atoms with Crippen molar-refractivity contribution in [2.24, 2.45) is 5.92 Å². The largest absolute Gasteiger partial charge is 0.308 e. The van der Waals surface area contributed by atoms with Crippen LogP contribution in [0.2, 0.25) is 0 Å². The minimum Gasteiger partial charge on any atom is -0.308 e. The average molecular weight is 322 g/mol. The van der Waals surface area contributed by atoms with E-state index >= 15 is 0 Å². The van der Waals surface area contributed by atoms with Gasteiger partial charge in [0.25, 0.3) is 0 Å². The maximum Gasteiger partial charge on any atom is 0.200 e. The normalized spacial score (nSPS) is 11.9. The SMILES string of the molecule is CC(=N)C(C#N)C(=O)CSc1c(F)c(F)c(F)c(F)c1F. The number of nitrogens with one attached hydrogen (secondary N) is 1. The molecule has 0 bridgehead atoms. The number of rotatable bonds is 5. The summed E-state index contributed by atoms with van der Waals surface area (Å²) >= 11 is 0.0859. The quantitative estimate of drug-likeness (QED) is 0.298. The van der Waals surface area contributed by atoms with Crippen molar-refractivity contribution in [3.8, 4) is 6.07 Å². The second-order valence-electron chi connectivity index (χ2n) is 3.90. The molecule has 0 aromatic heterocycles. The van der Waals surface area contributed by atoms with Crippen LogP contribution in [0.4, 0.5) is 22.0 Å². The van der Waals surface area contributed by atoms with Gasteiger partial charge in [-0.25, -0.2) is 22.0 Å². The van der Waals surface area contributed by atoms with E-state index in [1.54, 1.807) is 0 Å². The second-order valence-corrected chi connectivity index (χ2v) is 4.88. The van der Waals surface area contributed by atoms with Crippen molar-refractivity contribution in [3.05, 3.63) is 29.1 Å². The summed E-state index contributed by atoms with van der Waals surface area (Å²) in [5, 5.41) is 15.8. The minimum atomic E-state index is -2.29. The molecule has 3 nitrogen and oxygen atoms in total. The van der Waals surface area contributed by atoms with Crippen LogP contribution in [0.3, 0.4) is 0 Å². The summed E-state index contributed by atoms with van der Waals surface area (Å²) in [6, 6.07) is 1.52. The van der Waals surface area contributed by atoms with Gasteiger partial charge in [0, 0.05) is 5.71 Å². The fourth-order valence-electron chi connectivity index (χ4n) is 1.35. The van der Waals surface area contributed by atoms with Crippen LogP contribution in [0, 0.1) is 51.7 Å². The number of benzene rings is 1. The molecule has 0 heterocycles. The molecular formula is C12H7F5N2OS. The fraction of sp³-hybridized carbons (Fsp3) is 0.250. The molecule has 0 aliphatic carbocycles. The Bertz CT molecular complexity index is 627. The minimum absolute atomic E-state index is 0.0859. The molecule has 0 saturated heterocycles. The lowest BCUT2D eigenvalue weighted by Gasteiger charge is -2.09. The molecule has 0 fully saturated rings. The standard InChI is InChI=1S/C12H7F5N2OS/c1-4(19)5(2-18)6(20)3-21-12-10(16)8(14)7(13)9(15)11(12)17/h5,19H,3H2,1H3. The smallest absolute Gasteiger partial charge is 0.200 e. The van der Waals surface area contributed by atoms with Gasteiger partial charge < -0.3 is 5.41 Å². The second kappa shape index (κ2) is 6.67. The number of halogens is 5. The Kier molecular flexibility index (Phi) is 5.43. The average Bonchev–Trinajstić information content (AvgIpc) is 2.43. The Morgan fingerprint density at radius 1 is 1.14 bits per heavy atom. The molecule has 1 atom stereocenters. The highest BCUT2D eigenvalue weighted by Gasteiger charge is 2.27. The van der Waals surface area contributed by atoms with Gasteiger partial charge in [0.15, 0.2) is 29.1 Å². The van der Waals surface area contributed by atoms with Gasteiger partial charge in [-0.1, -0.05) is 0 Å². The Balaban J connectivity index is 3.04. The molecule has 1 unspecified atom stereocenters. The molecule has 21 heavy (non-hydrogen) atoms. The summed E-state index contributed by atoms with van der Waals surface area (Å²) in [6.07, 6.45) is 0. The summed E-state index contributed by atoms with van der Waals surface area (Å²) in [5.41, 5.74) is -0.277. The predicted octanol–water partition coefficient (Wildman–Crippen LogP) is 3.22. The van der Waals surface area contributed by atoms with Crippen molar-refractivity contribution in [3.63, 3.8) is 0 Å². The number of ketones is 1. The third kappa shape index (κ3) is 3.39. The zero-order chi connectivity index (χ0) is 16.3. The van der Waals surface area contributed by atoms with Crippen LogP contribution in [-0.4, -0.2) is 17.2 Å². The summed E-state index contributed by atoms with van der Waals surface area (Å²) in [5.74, 6) is -13.6. The predicted molar refractivity (Wildman–Crippen MR) is 64.5 cm³/mol. The van der Waals surface area contributed by atoms with Crippen LogP contribution < -0.4 is 0 Å². The molecular weight excluding hydrogens is 315 g/mol. The van der Waals surface area contributed by atoms with Crippen LogP contribution in [0.1, 0.15) is 6.92 Å². The van der Waals surface area contributed by atoms with E-state index in [4.69, 9.17) is 10.7 Å². The summed E-state index contributed by atoms with van der Waals surface area (Å²) in [4.78, 5) is 10.4. The van der Waals surface area contributed by atoms with Crippen LogP contribution in [0.5, 0.6) is 0 Å². The Morgan fingerprint density at radius 3 is 1.95 bits per heavy atom. The highest BCUT2D eigenvalue weighted by Crippen LogP contribution is 2.31. The fourth-order valence-corrected chi connectivity index (χ4v) is 2.23. The van der Waals surface area contributed by atoms with E-state index in [1.807, 2.05) is 0 Å². The Hall–Kier alpha value is -1.95. The topological polar surface area (TPSA) is 64.7 Å². The summed E-state index contributed by atoms with van der Waals surface area (Å²) in [7, 11) is 0. The van der Waals surface area contributed by atoms with Crippen molar-refractivity contribution in [1.82, 2.24) is 0 Å². The molecule has 0 aliphatic heterocycles. The molecule has 0 saturated carbocycles. The number of carbonyl (C=O) groups is 1. The van der Waals surface area contributed by atoms with Crippen molar-refractivity contribution < 1.29 is 26.7 Å². The lowest BCUT2D eigenvalue weighted by Crippen LogP contribution is -2.21. The molecule has 0 spiro atoms. The number of hydrogen-bond donors (Lipinski definition) is 1. The van der Waals surface area contributed by atoms with Crippen LogP contribution in [0.25, 0.3) is 0 Å². The first-order chi connectivity index (χ1) is 9.72. The monoisotopic (exact) mass is 322 g/mol. The third-order valence-corrected chi connectivity index (χ3v) is 3.49. The number of Topliss-reactive ketones (excluding diaryl/α,β-unsaturated/α-hetero) is 1. The van der Waals surface area contributed by atoms with E-state index in [0.717, 1.165) is 0 Å². The van der Waals surface area contributed by atoms with Gasteiger partial charge in [-0.15, -0.1) is 11.8 Å². The molecule has 0 amide bonds. The Labute approximate surface area is 120 Å². The van der Waals surface area contributed by atoms with Crippen molar-refractivity contribution in [2.45, 2.75) is 11.8 Å². The van der Waals surface area contributed by atoms with E-state index in [1.165, 1.54) is 13.0 Å². The molecule has 1 N–H and O–H groups in total. The molecule has 9 heteroatoms. The van der Waals surface area contributed by atoms with Gasteiger partial charge in [0.1, 0.15) is 5.92 Å². The first-order valence-electron chi connectivity index (χ1n) is 5.34. The van der Waals surface area contributed by atoms with E-state index in [0.29, 0.717) is 0 Å². The zero-order valence-corrected chi connectivity index (χ0v) is 11.3. The maximum absolute atomic E-state index is 13.3. The van der Waals surface area contributed by atoms with Gasteiger partial charge in [-0.2, -0.15) is 5.26 Å². The molecule has 0 aliphatic rings. The third-order valence-electron chi connectivity index (χ3n) is 2.41. The first kappa shape index (κ1) is 17.1. The lowest BCUT2D eigenvalue weighted by atomic mass is 10.0. The Morgan fingerprint density at radius 2 is 1.57 bits per heavy atom. The number of hydrogen-bond acceptors (Lipinski definition) is 4. The molecule has 1 aromatic rings. The van der Waals surface area contributed by atoms with Crippen LogP contribution in [0.15, 0.2) is 4.90 Å². The van der Waals surface area contributed by atoms with Gasteiger partial charge >= 0.3 is 0 Å². The number of nitriles is 1. The zero-order valence-electron chi connectivity index (χ0n) is 10.4. The van der Waals surface area contributed by atoms with Gasteiger partial charge in [-0.05, 0) is 6.92 Å². The van der Waals surface area contributed by atoms with Crippen molar-refractivity contribution in [1.29, 1.82) is 10.7 Å². The molecule has 112 valence electrons. The van der Waals surface area contributed by atoms with Crippen LogP contribution in [-0.2, 0) is 4.79 Å². The number of nitrogens with zero attached hydrogens (tertiary/aromatic N) is 1. The summed E-state index contributed by atoms with van der Waals surface area (Å²) < 4.78 is 65.3. The molecule has 0 radical (unpaired) electrons. The lowest BCUT2D eigenvalue weighted by molar-refractivity contribution is -0.117. The highest BCUT2D eigenvalue weighted by molar-refractivity contribution is 8.00. The van der Waals surface area contributed by atoms with E-state index in [2.05, 4.69) is 0 Å². The van der Waals surface area contributed by atoms with E-state index in [9.17, 15) is 26.7 Å². The highest BCUT2D eigenvalue weighted by atomic mass is 32.2. The van der Waals surface area contributed by atoms with Gasteiger partial charge in [0.2, 0.25) is 5.82 Å². The number of thioether (sulfide) groups is 1.